The molecule has 1 amide bonds. The molecule has 1 atom stereocenters. The number of aryl methyl sites for hydroxylation is 1. The summed E-state index contributed by atoms with van der Waals surface area (Å²) in [4.78, 5) is 12.4. The third kappa shape index (κ3) is 3.59. The zero-order valence-electron chi connectivity index (χ0n) is 13.2. The summed E-state index contributed by atoms with van der Waals surface area (Å²) in [5, 5.41) is 3.20. The molecule has 2 aromatic rings. The lowest BCUT2D eigenvalue weighted by Crippen LogP contribution is -2.34. The molecular formula is C19H24N2O. The van der Waals surface area contributed by atoms with Crippen LogP contribution in [-0.2, 0) is 4.79 Å². The molecular weight excluding hydrogens is 272 g/mol. The van der Waals surface area contributed by atoms with Crippen LogP contribution in [0.2, 0.25) is 0 Å². The summed E-state index contributed by atoms with van der Waals surface area (Å²) >= 11 is 0. The van der Waals surface area contributed by atoms with Crippen molar-refractivity contribution in [3.8, 4) is 0 Å². The van der Waals surface area contributed by atoms with Gasteiger partial charge in [-0.05, 0) is 37.5 Å². The number of nitrogens with zero attached hydrogens (tertiary/aromatic N) is 1. The van der Waals surface area contributed by atoms with Gasteiger partial charge in [0.25, 0.3) is 0 Å². The van der Waals surface area contributed by atoms with E-state index < -0.39 is 0 Å². The maximum absolute atomic E-state index is 12.4. The average molecular weight is 296 g/mol. The van der Waals surface area contributed by atoms with E-state index in [0.717, 1.165) is 12.8 Å². The molecule has 0 saturated heterocycles. The Labute approximate surface area is 132 Å². The highest BCUT2D eigenvalue weighted by Crippen LogP contribution is 2.24. The number of benzene rings is 1. The van der Waals surface area contributed by atoms with E-state index in [4.69, 9.17) is 0 Å². The van der Waals surface area contributed by atoms with Crippen molar-refractivity contribution in [3.05, 3.63) is 59.9 Å². The van der Waals surface area contributed by atoms with Crippen molar-refractivity contribution in [1.82, 2.24) is 9.88 Å². The molecule has 1 heterocycles. The lowest BCUT2D eigenvalue weighted by atomic mass is 10.0. The smallest absolute Gasteiger partial charge is 0.222 e. The zero-order valence-corrected chi connectivity index (χ0v) is 13.2. The molecule has 1 N–H and O–H groups in total. The Hall–Kier alpha value is -2.03. The van der Waals surface area contributed by atoms with Gasteiger partial charge < -0.3 is 9.88 Å². The van der Waals surface area contributed by atoms with E-state index in [9.17, 15) is 4.79 Å². The van der Waals surface area contributed by atoms with Crippen LogP contribution >= 0.6 is 0 Å². The Kier molecular flexibility index (Phi) is 4.62. The molecule has 116 valence electrons. The normalized spacial score (nSPS) is 16.6. The quantitative estimate of drug-likeness (QED) is 0.894. The summed E-state index contributed by atoms with van der Waals surface area (Å²) in [5.41, 5.74) is 2.42. The first-order valence-corrected chi connectivity index (χ1v) is 8.21. The van der Waals surface area contributed by atoms with Crippen molar-refractivity contribution in [2.45, 2.75) is 51.1 Å². The second-order valence-electron chi connectivity index (χ2n) is 6.31. The van der Waals surface area contributed by atoms with Crippen LogP contribution in [-0.4, -0.2) is 16.5 Å². The van der Waals surface area contributed by atoms with Crippen LogP contribution in [0.15, 0.2) is 48.8 Å². The SMILES string of the molecule is Cc1cccc(C(CC(=O)NC2CCCC2)n2cccc2)c1. The zero-order chi connectivity index (χ0) is 15.4. The van der Waals surface area contributed by atoms with E-state index in [1.54, 1.807) is 0 Å². The van der Waals surface area contributed by atoms with Gasteiger partial charge in [-0.1, -0.05) is 42.7 Å². The molecule has 0 spiro atoms. The number of rotatable bonds is 5. The van der Waals surface area contributed by atoms with E-state index in [-0.39, 0.29) is 11.9 Å². The number of carbonyl (C=O) groups is 1. The summed E-state index contributed by atoms with van der Waals surface area (Å²) in [5.74, 6) is 0.159. The van der Waals surface area contributed by atoms with Gasteiger partial charge in [0.15, 0.2) is 0 Å². The van der Waals surface area contributed by atoms with Crippen molar-refractivity contribution in [2.75, 3.05) is 0 Å². The largest absolute Gasteiger partial charge is 0.353 e. The minimum absolute atomic E-state index is 0.0660. The van der Waals surface area contributed by atoms with E-state index in [2.05, 4.69) is 41.1 Å². The lowest BCUT2D eigenvalue weighted by molar-refractivity contribution is -0.122. The van der Waals surface area contributed by atoms with Crippen molar-refractivity contribution in [3.63, 3.8) is 0 Å². The maximum Gasteiger partial charge on any atom is 0.222 e. The predicted octanol–water partition coefficient (Wildman–Crippen LogP) is 3.83. The first-order chi connectivity index (χ1) is 10.7. The van der Waals surface area contributed by atoms with Gasteiger partial charge in [0, 0.05) is 18.4 Å². The molecule has 3 heteroatoms. The fourth-order valence-electron chi connectivity index (χ4n) is 3.36. The maximum atomic E-state index is 12.4. The minimum Gasteiger partial charge on any atom is -0.353 e. The fraction of sp³-hybridized carbons (Fsp3) is 0.421. The Bertz CT molecular complexity index is 612. The van der Waals surface area contributed by atoms with Gasteiger partial charge >= 0.3 is 0 Å². The summed E-state index contributed by atoms with van der Waals surface area (Å²) in [6, 6.07) is 12.9. The summed E-state index contributed by atoms with van der Waals surface area (Å²) in [6.07, 6.45) is 9.31. The van der Waals surface area contributed by atoms with Crippen molar-refractivity contribution >= 4 is 5.91 Å². The highest BCUT2D eigenvalue weighted by atomic mass is 16.1. The molecule has 0 radical (unpaired) electrons. The minimum atomic E-state index is 0.0660. The van der Waals surface area contributed by atoms with Gasteiger partial charge in [-0.15, -0.1) is 0 Å². The summed E-state index contributed by atoms with van der Waals surface area (Å²) in [6.45, 7) is 2.09. The lowest BCUT2D eigenvalue weighted by Gasteiger charge is -2.21. The highest BCUT2D eigenvalue weighted by Gasteiger charge is 2.21. The average Bonchev–Trinajstić information content (AvgIpc) is 3.18. The molecule has 3 nitrogen and oxygen atoms in total. The van der Waals surface area contributed by atoms with Crippen molar-refractivity contribution < 1.29 is 4.79 Å². The molecule has 1 aliphatic rings. The molecule has 3 rings (SSSR count). The van der Waals surface area contributed by atoms with Crippen LogP contribution in [0.4, 0.5) is 0 Å². The predicted molar refractivity (Wildman–Crippen MR) is 88.8 cm³/mol. The number of hydrogen-bond donors (Lipinski definition) is 1. The first kappa shape index (κ1) is 14.9. The van der Waals surface area contributed by atoms with E-state index >= 15 is 0 Å². The van der Waals surface area contributed by atoms with Crippen molar-refractivity contribution in [1.29, 1.82) is 0 Å². The summed E-state index contributed by atoms with van der Waals surface area (Å²) < 4.78 is 2.13. The standard InChI is InChI=1S/C19H24N2O/c1-15-7-6-8-16(13-15)18(21-11-4-5-12-21)14-19(22)20-17-9-2-3-10-17/h4-8,11-13,17-18H,2-3,9-10,14H2,1H3,(H,20,22). The van der Waals surface area contributed by atoms with Crippen LogP contribution in [0.5, 0.6) is 0 Å². The van der Waals surface area contributed by atoms with Crippen molar-refractivity contribution in [2.24, 2.45) is 0 Å². The highest BCUT2D eigenvalue weighted by molar-refractivity contribution is 5.77. The second kappa shape index (κ2) is 6.82. The van der Waals surface area contributed by atoms with Crippen LogP contribution in [0, 0.1) is 6.92 Å². The Morgan fingerprint density at radius 2 is 1.95 bits per heavy atom. The molecule has 1 aromatic heterocycles. The van der Waals surface area contributed by atoms with E-state index in [0.29, 0.717) is 12.5 Å². The van der Waals surface area contributed by atoms with Gasteiger partial charge in [-0.25, -0.2) is 0 Å². The van der Waals surface area contributed by atoms with E-state index in [1.807, 2.05) is 24.5 Å². The molecule has 1 fully saturated rings. The van der Waals surface area contributed by atoms with Crippen LogP contribution in [0.3, 0.4) is 0 Å². The molecule has 1 saturated carbocycles. The Morgan fingerprint density at radius 1 is 1.23 bits per heavy atom. The molecule has 1 aromatic carbocycles. The monoisotopic (exact) mass is 296 g/mol. The van der Waals surface area contributed by atoms with Gasteiger partial charge in [0.1, 0.15) is 0 Å². The van der Waals surface area contributed by atoms with Gasteiger partial charge in [-0.2, -0.15) is 0 Å². The number of aromatic nitrogens is 1. The topological polar surface area (TPSA) is 34.0 Å². The number of nitrogens with one attached hydrogen (secondary N) is 1. The number of hydrogen-bond acceptors (Lipinski definition) is 1. The Morgan fingerprint density at radius 3 is 2.64 bits per heavy atom. The van der Waals surface area contributed by atoms with Crippen LogP contribution in [0.1, 0.15) is 49.3 Å². The molecule has 0 aliphatic heterocycles. The third-order valence-electron chi connectivity index (χ3n) is 4.51. The third-order valence-corrected chi connectivity index (χ3v) is 4.51. The molecule has 1 unspecified atom stereocenters. The molecule has 0 bridgehead atoms. The van der Waals surface area contributed by atoms with Gasteiger partial charge in [0.2, 0.25) is 5.91 Å². The number of amides is 1. The Balaban J connectivity index is 1.75. The fourth-order valence-corrected chi connectivity index (χ4v) is 3.36. The van der Waals surface area contributed by atoms with E-state index in [1.165, 1.54) is 24.0 Å². The van der Waals surface area contributed by atoms with Crippen LogP contribution in [0.25, 0.3) is 0 Å². The second-order valence-corrected chi connectivity index (χ2v) is 6.31. The van der Waals surface area contributed by atoms with Crippen LogP contribution < -0.4 is 5.32 Å². The molecule has 22 heavy (non-hydrogen) atoms. The summed E-state index contributed by atoms with van der Waals surface area (Å²) in [7, 11) is 0. The molecule has 1 aliphatic carbocycles. The first-order valence-electron chi connectivity index (χ1n) is 8.21. The van der Waals surface area contributed by atoms with Gasteiger partial charge in [0.05, 0.1) is 12.5 Å². The van der Waals surface area contributed by atoms with Gasteiger partial charge in [-0.3, -0.25) is 4.79 Å². The number of carbonyl (C=O) groups excluding carboxylic acids is 1.